The van der Waals surface area contributed by atoms with Crippen molar-refractivity contribution in [2.75, 3.05) is 11.4 Å². The fourth-order valence-corrected chi connectivity index (χ4v) is 4.42. The van der Waals surface area contributed by atoms with Gasteiger partial charge in [-0.15, -0.1) is 0 Å². The number of amides is 1. The van der Waals surface area contributed by atoms with Crippen LogP contribution in [0.1, 0.15) is 47.7 Å². The molecule has 0 bridgehead atoms. The molecule has 3 aromatic rings. The molecular formula is C23H23N3O2. The first kappa shape index (κ1) is 17.2. The Labute approximate surface area is 164 Å². The van der Waals surface area contributed by atoms with Crippen LogP contribution in [0.2, 0.25) is 0 Å². The second kappa shape index (κ2) is 6.89. The summed E-state index contributed by atoms with van der Waals surface area (Å²) in [7, 11) is 0. The van der Waals surface area contributed by atoms with Gasteiger partial charge >= 0.3 is 0 Å². The second-order valence-electron chi connectivity index (χ2n) is 7.85. The minimum Gasteiger partial charge on any atom is -0.334 e. The van der Waals surface area contributed by atoms with Crippen LogP contribution in [0.5, 0.6) is 0 Å². The maximum atomic E-state index is 12.8. The number of anilines is 1. The number of aromatic nitrogens is 2. The number of hydrogen-bond acceptors (Lipinski definition) is 4. The molecule has 0 saturated carbocycles. The number of aryl methyl sites for hydroxylation is 2. The zero-order valence-electron chi connectivity index (χ0n) is 16.0. The predicted octanol–water partition coefficient (Wildman–Crippen LogP) is 4.44. The van der Waals surface area contributed by atoms with E-state index in [1.807, 2.05) is 36.1 Å². The Hall–Kier alpha value is -2.95. The van der Waals surface area contributed by atoms with Crippen LogP contribution < -0.4 is 4.90 Å². The van der Waals surface area contributed by atoms with Gasteiger partial charge in [0.15, 0.2) is 5.82 Å². The van der Waals surface area contributed by atoms with Gasteiger partial charge in [0.1, 0.15) is 0 Å². The fourth-order valence-electron chi connectivity index (χ4n) is 4.42. The summed E-state index contributed by atoms with van der Waals surface area (Å²) in [6, 6.07) is 14.4. The Balaban J connectivity index is 1.41. The fraction of sp³-hybridized carbons (Fsp3) is 0.348. The first-order valence-corrected chi connectivity index (χ1v) is 10.0. The van der Waals surface area contributed by atoms with Crippen LogP contribution in [0.3, 0.4) is 0 Å². The lowest BCUT2D eigenvalue weighted by atomic mass is 9.90. The molecule has 1 atom stereocenters. The van der Waals surface area contributed by atoms with Gasteiger partial charge in [-0.3, -0.25) is 4.79 Å². The molecule has 1 unspecified atom stereocenters. The average Bonchev–Trinajstić information content (AvgIpc) is 3.34. The molecule has 2 aliphatic rings. The van der Waals surface area contributed by atoms with Crippen molar-refractivity contribution in [3.63, 3.8) is 0 Å². The summed E-state index contributed by atoms with van der Waals surface area (Å²) in [5.74, 6) is 1.25. The average molecular weight is 373 g/mol. The molecule has 1 fully saturated rings. The molecule has 28 heavy (non-hydrogen) atoms. The van der Waals surface area contributed by atoms with Gasteiger partial charge in [-0.1, -0.05) is 35.0 Å². The molecule has 1 saturated heterocycles. The summed E-state index contributed by atoms with van der Waals surface area (Å²) in [5.41, 5.74) is 5.87. The van der Waals surface area contributed by atoms with Crippen LogP contribution >= 0.6 is 0 Å². The van der Waals surface area contributed by atoms with E-state index in [4.69, 9.17) is 4.52 Å². The second-order valence-corrected chi connectivity index (χ2v) is 7.85. The molecule has 5 nitrogen and oxygen atoms in total. The molecule has 1 aliphatic heterocycles. The molecule has 1 aromatic heterocycles. The third-order valence-corrected chi connectivity index (χ3v) is 5.86. The Morgan fingerprint density at radius 1 is 1.11 bits per heavy atom. The van der Waals surface area contributed by atoms with Crippen molar-refractivity contribution in [3.8, 4) is 11.5 Å². The van der Waals surface area contributed by atoms with Gasteiger partial charge in [0.2, 0.25) is 5.91 Å². The van der Waals surface area contributed by atoms with E-state index in [-0.39, 0.29) is 11.8 Å². The van der Waals surface area contributed by atoms with E-state index in [1.54, 1.807) is 0 Å². The standard InChI is InChI=1S/C23H23N3O2/c1-15-6-4-9-17(12-15)23-24-22(25-28-23)18-13-21(27)26(14-18)20-11-5-8-16-7-2-3-10-19(16)20/h4-6,8-9,11-12,18H,2-3,7,10,13-14H2,1H3. The van der Waals surface area contributed by atoms with Gasteiger partial charge in [0.25, 0.3) is 5.89 Å². The smallest absolute Gasteiger partial charge is 0.257 e. The molecule has 5 heteroatoms. The number of benzene rings is 2. The molecule has 5 rings (SSSR count). The minimum absolute atomic E-state index is 0.0331. The van der Waals surface area contributed by atoms with E-state index in [1.165, 1.54) is 24.0 Å². The van der Waals surface area contributed by atoms with Gasteiger partial charge < -0.3 is 9.42 Å². The minimum atomic E-state index is -0.0331. The maximum absolute atomic E-state index is 12.8. The molecular weight excluding hydrogens is 350 g/mol. The first-order valence-electron chi connectivity index (χ1n) is 10.0. The first-order chi connectivity index (χ1) is 13.7. The summed E-state index contributed by atoms with van der Waals surface area (Å²) >= 11 is 0. The van der Waals surface area contributed by atoms with Crippen molar-refractivity contribution < 1.29 is 9.32 Å². The predicted molar refractivity (Wildman–Crippen MR) is 107 cm³/mol. The number of fused-ring (bicyclic) bond motifs is 1. The van der Waals surface area contributed by atoms with Crippen LogP contribution in [0.25, 0.3) is 11.5 Å². The van der Waals surface area contributed by atoms with E-state index in [9.17, 15) is 4.79 Å². The quantitative estimate of drug-likeness (QED) is 0.681. The van der Waals surface area contributed by atoms with Crippen LogP contribution in [0.15, 0.2) is 47.0 Å². The van der Waals surface area contributed by atoms with E-state index in [0.29, 0.717) is 24.7 Å². The molecule has 0 spiro atoms. The van der Waals surface area contributed by atoms with Gasteiger partial charge in [-0.2, -0.15) is 4.98 Å². The number of rotatable bonds is 3. The van der Waals surface area contributed by atoms with Gasteiger partial charge in [0, 0.05) is 30.1 Å². The lowest BCUT2D eigenvalue weighted by Crippen LogP contribution is -2.26. The highest BCUT2D eigenvalue weighted by Gasteiger charge is 2.36. The van der Waals surface area contributed by atoms with E-state index in [0.717, 1.165) is 29.7 Å². The van der Waals surface area contributed by atoms with Crippen molar-refractivity contribution in [2.45, 2.75) is 44.9 Å². The van der Waals surface area contributed by atoms with Crippen molar-refractivity contribution in [1.29, 1.82) is 0 Å². The summed E-state index contributed by atoms with van der Waals surface area (Å²) in [6.45, 7) is 2.65. The maximum Gasteiger partial charge on any atom is 0.257 e. The lowest BCUT2D eigenvalue weighted by Gasteiger charge is -2.25. The largest absolute Gasteiger partial charge is 0.334 e. The van der Waals surface area contributed by atoms with Crippen LogP contribution in [0.4, 0.5) is 5.69 Å². The molecule has 0 radical (unpaired) electrons. The normalized spacial score (nSPS) is 19.1. The van der Waals surface area contributed by atoms with Crippen LogP contribution in [-0.2, 0) is 17.6 Å². The third kappa shape index (κ3) is 3.01. The topological polar surface area (TPSA) is 59.2 Å². The van der Waals surface area contributed by atoms with Crippen molar-refractivity contribution >= 4 is 11.6 Å². The molecule has 1 aliphatic carbocycles. The SMILES string of the molecule is Cc1cccc(-c2nc(C3CC(=O)N(c4cccc5c4CCCC5)C3)no2)c1. The zero-order valence-corrected chi connectivity index (χ0v) is 16.0. The Kier molecular flexibility index (Phi) is 4.23. The van der Waals surface area contributed by atoms with Crippen molar-refractivity contribution in [3.05, 3.63) is 65.0 Å². The number of carbonyl (C=O) groups is 1. The van der Waals surface area contributed by atoms with Crippen LogP contribution in [0, 0.1) is 6.92 Å². The highest BCUT2D eigenvalue weighted by Crippen LogP contribution is 2.36. The highest BCUT2D eigenvalue weighted by molar-refractivity contribution is 5.97. The molecule has 2 heterocycles. The zero-order chi connectivity index (χ0) is 19.1. The Morgan fingerprint density at radius 3 is 2.86 bits per heavy atom. The summed E-state index contributed by atoms with van der Waals surface area (Å²) in [5, 5.41) is 4.19. The Morgan fingerprint density at radius 2 is 1.96 bits per heavy atom. The molecule has 0 N–H and O–H groups in total. The highest BCUT2D eigenvalue weighted by atomic mass is 16.5. The monoisotopic (exact) mass is 373 g/mol. The van der Waals surface area contributed by atoms with Gasteiger partial charge in [0.05, 0.1) is 0 Å². The van der Waals surface area contributed by atoms with Crippen molar-refractivity contribution in [1.82, 2.24) is 10.1 Å². The Bertz CT molecular complexity index is 1040. The van der Waals surface area contributed by atoms with Crippen molar-refractivity contribution in [2.24, 2.45) is 0 Å². The van der Waals surface area contributed by atoms with E-state index in [2.05, 4.69) is 28.3 Å². The third-order valence-electron chi connectivity index (χ3n) is 5.86. The lowest BCUT2D eigenvalue weighted by molar-refractivity contribution is -0.117. The molecule has 1 amide bonds. The summed E-state index contributed by atoms with van der Waals surface area (Å²) in [4.78, 5) is 19.3. The van der Waals surface area contributed by atoms with E-state index >= 15 is 0 Å². The molecule has 142 valence electrons. The van der Waals surface area contributed by atoms with Crippen LogP contribution in [-0.4, -0.2) is 22.6 Å². The van der Waals surface area contributed by atoms with Gasteiger partial charge in [-0.25, -0.2) is 0 Å². The van der Waals surface area contributed by atoms with Gasteiger partial charge in [-0.05, 0) is 61.9 Å². The molecule has 2 aromatic carbocycles. The number of carbonyl (C=O) groups excluding carboxylic acids is 1. The number of hydrogen-bond donors (Lipinski definition) is 0. The summed E-state index contributed by atoms with van der Waals surface area (Å²) in [6.07, 6.45) is 5.02. The number of nitrogens with zero attached hydrogens (tertiary/aromatic N) is 3. The van der Waals surface area contributed by atoms with E-state index < -0.39 is 0 Å². The summed E-state index contributed by atoms with van der Waals surface area (Å²) < 4.78 is 5.49.